The molecule has 148 valence electrons. The van der Waals surface area contributed by atoms with Crippen LogP contribution < -0.4 is 5.32 Å². The summed E-state index contributed by atoms with van der Waals surface area (Å²) in [6, 6.07) is 3.89. The molecule has 0 aliphatic heterocycles. The first-order valence-electron chi connectivity index (χ1n) is 8.39. The molecule has 7 heteroatoms. The molecule has 0 spiro atoms. The lowest BCUT2D eigenvalue weighted by atomic mass is 9.79. The lowest BCUT2D eigenvalue weighted by Gasteiger charge is -2.28. The summed E-state index contributed by atoms with van der Waals surface area (Å²) >= 11 is 1.40. The summed E-state index contributed by atoms with van der Waals surface area (Å²) in [7, 11) is 0. The Hall–Kier alpha value is -2.05. The third kappa shape index (κ3) is 5.97. The van der Waals surface area contributed by atoms with Gasteiger partial charge in [0.05, 0.1) is 5.69 Å². The van der Waals surface area contributed by atoms with Crippen LogP contribution in [0.25, 0.3) is 6.08 Å². The van der Waals surface area contributed by atoms with E-state index in [9.17, 15) is 9.90 Å². The minimum absolute atomic E-state index is 0. The largest absolute Gasteiger partial charge is 0.507 e. The average Bonchev–Trinajstić information content (AvgIpc) is 2.92. The number of aromatic nitrogens is 1. The van der Waals surface area contributed by atoms with Crippen LogP contribution in [0.1, 0.15) is 58.4 Å². The molecule has 0 saturated heterocycles. The first-order valence-corrected chi connectivity index (χ1v) is 9.27. The van der Waals surface area contributed by atoms with Crippen molar-refractivity contribution in [3.63, 3.8) is 0 Å². The van der Waals surface area contributed by atoms with Crippen LogP contribution in [-0.4, -0.2) is 21.2 Å². The van der Waals surface area contributed by atoms with Crippen molar-refractivity contribution in [2.75, 3.05) is 5.32 Å². The number of halogens is 1. The van der Waals surface area contributed by atoms with Gasteiger partial charge in [0.1, 0.15) is 5.75 Å². The van der Waals surface area contributed by atoms with Crippen molar-refractivity contribution in [3.05, 3.63) is 40.4 Å². The maximum Gasteiger partial charge on any atom is 0.328 e. The number of aliphatic carboxylic acids is 1. The molecule has 5 nitrogen and oxygen atoms in total. The molecule has 2 aromatic rings. The highest BCUT2D eigenvalue weighted by Gasteiger charge is 2.26. The number of hydrogen-bond acceptors (Lipinski definition) is 5. The van der Waals surface area contributed by atoms with E-state index in [1.165, 1.54) is 17.4 Å². The van der Waals surface area contributed by atoms with Gasteiger partial charge in [-0.25, -0.2) is 9.78 Å². The highest BCUT2D eigenvalue weighted by Crippen LogP contribution is 2.41. The van der Waals surface area contributed by atoms with Gasteiger partial charge >= 0.3 is 5.97 Å². The summed E-state index contributed by atoms with van der Waals surface area (Å²) in [6.07, 6.45) is 2.52. The molecule has 0 unspecified atom stereocenters. The number of carbonyl (C=O) groups is 1. The number of carboxylic acid groups (broad SMARTS) is 1. The summed E-state index contributed by atoms with van der Waals surface area (Å²) in [5.74, 6) is -0.671. The van der Waals surface area contributed by atoms with Crippen molar-refractivity contribution in [1.82, 2.24) is 4.98 Å². The lowest BCUT2D eigenvalue weighted by Crippen LogP contribution is -2.17. The summed E-state index contributed by atoms with van der Waals surface area (Å²) in [5.41, 5.74) is 2.76. The molecular weight excluding hydrogens is 384 g/mol. The second-order valence-corrected chi connectivity index (χ2v) is 9.15. The van der Waals surface area contributed by atoms with Crippen molar-refractivity contribution in [2.24, 2.45) is 0 Å². The monoisotopic (exact) mass is 410 g/mol. The number of nitrogens with one attached hydrogen (secondary N) is 1. The fourth-order valence-corrected chi connectivity index (χ4v) is 3.25. The molecule has 0 amide bonds. The Bertz CT molecular complexity index is 811. The van der Waals surface area contributed by atoms with Crippen molar-refractivity contribution < 1.29 is 15.0 Å². The van der Waals surface area contributed by atoms with Crippen molar-refractivity contribution in [2.45, 2.75) is 52.4 Å². The van der Waals surface area contributed by atoms with Crippen LogP contribution in [0, 0.1) is 0 Å². The molecule has 1 aromatic carbocycles. The van der Waals surface area contributed by atoms with E-state index in [4.69, 9.17) is 5.11 Å². The Balaban J connectivity index is 0.00000364. The SMILES string of the molecule is CC(C)(C)c1cc(Nc2nc(/C=C/C(=O)O)cs2)cc(C(C)(C)C)c1O.Cl. The topological polar surface area (TPSA) is 82.5 Å². The van der Waals surface area contributed by atoms with Crippen LogP contribution in [0.3, 0.4) is 0 Å². The van der Waals surface area contributed by atoms with Crippen LogP contribution in [0.2, 0.25) is 0 Å². The quantitative estimate of drug-likeness (QED) is 0.444. The van der Waals surface area contributed by atoms with E-state index in [1.807, 2.05) is 12.1 Å². The summed E-state index contributed by atoms with van der Waals surface area (Å²) in [4.78, 5) is 15.0. The smallest absolute Gasteiger partial charge is 0.328 e. The predicted octanol–water partition coefficient (Wildman–Crippen LogP) is 5.71. The van der Waals surface area contributed by atoms with Crippen LogP contribution in [0.5, 0.6) is 5.75 Å². The summed E-state index contributed by atoms with van der Waals surface area (Å²) < 4.78 is 0. The third-order valence-electron chi connectivity index (χ3n) is 3.90. The molecule has 2 rings (SSSR count). The summed E-state index contributed by atoms with van der Waals surface area (Å²) in [5, 5.41) is 25.2. The van der Waals surface area contributed by atoms with E-state index in [1.54, 1.807) is 5.38 Å². The maximum absolute atomic E-state index is 10.8. The van der Waals surface area contributed by atoms with Gasteiger partial charge in [-0.15, -0.1) is 23.7 Å². The van der Waals surface area contributed by atoms with Gasteiger partial charge in [-0.3, -0.25) is 0 Å². The van der Waals surface area contributed by atoms with Crippen LogP contribution in [0.4, 0.5) is 10.8 Å². The molecule has 0 bridgehead atoms. The van der Waals surface area contributed by atoms with E-state index in [0.717, 1.165) is 22.9 Å². The Morgan fingerprint density at radius 3 is 2.07 bits per heavy atom. The number of carboxylic acids is 1. The third-order valence-corrected chi connectivity index (χ3v) is 4.67. The van der Waals surface area contributed by atoms with E-state index in [0.29, 0.717) is 16.6 Å². The molecule has 27 heavy (non-hydrogen) atoms. The molecule has 0 radical (unpaired) electrons. The number of rotatable bonds is 4. The zero-order chi connectivity index (χ0) is 19.7. The number of thiazole rings is 1. The van der Waals surface area contributed by atoms with Crippen molar-refractivity contribution >= 4 is 46.6 Å². The van der Waals surface area contributed by atoms with Gasteiger partial charge in [0.2, 0.25) is 0 Å². The van der Waals surface area contributed by atoms with E-state index < -0.39 is 5.97 Å². The molecule has 1 heterocycles. The lowest BCUT2D eigenvalue weighted by molar-refractivity contribution is -0.131. The van der Waals surface area contributed by atoms with E-state index >= 15 is 0 Å². The molecule has 0 fully saturated rings. The Morgan fingerprint density at radius 2 is 1.63 bits per heavy atom. The number of nitrogens with zero attached hydrogens (tertiary/aromatic N) is 1. The average molecular weight is 411 g/mol. The van der Waals surface area contributed by atoms with Gasteiger partial charge in [0.15, 0.2) is 5.13 Å². The highest BCUT2D eigenvalue weighted by atomic mass is 35.5. The zero-order valence-electron chi connectivity index (χ0n) is 16.5. The molecular formula is C20H27ClN2O3S. The number of anilines is 2. The Morgan fingerprint density at radius 1 is 1.11 bits per heavy atom. The second-order valence-electron chi connectivity index (χ2n) is 8.29. The second kappa shape index (κ2) is 8.31. The number of aromatic hydroxyl groups is 1. The molecule has 0 aliphatic rings. The maximum atomic E-state index is 10.8. The molecule has 0 aliphatic carbocycles. The first-order chi connectivity index (χ1) is 11.9. The fourth-order valence-electron chi connectivity index (χ4n) is 2.55. The fraction of sp³-hybridized carbons (Fsp3) is 0.400. The molecule has 3 N–H and O–H groups in total. The van der Waals surface area contributed by atoms with Gasteiger partial charge in [0, 0.05) is 28.3 Å². The van der Waals surface area contributed by atoms with Crippen LogP contribution in [0.15, 0.2) is 23.6 Å². The van der Waals surface area contributed by atoms with Crippen molar-refractivity contribution in [3.8, 4) is 5.75 Å². The zero-order valence-corrected chi connectivity index (χ0v) is 18.1. The molecule has 0 saturated carbocycles. The van der Waals surface area contributed by atoms with Crippen molar-refractivity contribution in [1.29, 1.82) is 0 Å². The predicted molar refractivity (Wildman–Crippen MR) is 115 cm³/mol. The standard InChI is InChI=1S/C20H26N2O3S.ClH/c1-19(2,3)14-9-13(10-15(17(14)25)20(4,5)6)22-18-21-12(11-26-18)7-8-16(23)24;/h7-11,25H,1-6H3,(H,21,22)(H,23,24);1H/b8-7+;. The van der Waals surface area contributed by atoms with Crippen LogP contribution in [-0.2, 0) is 15.6 Å². The van der Waals surface area contributed by atoms with Crippen LogP contribution >= 0.6 is 23.7 Å². The van der Waals surface area contributed by atoms with Gasteiger partial charge < -0.3 is 15.5 Å². The van der Waals surface area contributed by atoms with Gasteiger partial charge in [-0.2, -0.15) is 0 Å². The Labute approximate surface area is 170 Å². The van der Waals surface area contributed by atoms with E-state index in [2.05, 4.69) is 51.8 Å². The number of benzene rings is 1. The van der Waals surface area contributed by atoms with Gasteiger partial charge in [0.25, 0.3) is 0 Å². The normalized spacial score (nSPS) is 12.1. The van der Waals surface area contributed by atoms with E-state index in [-0.39, 0.29) is 23.2 Å². The minimum Gasteiger partial charge on any atom is -0.507 e. The van der Waals surface area contributed by atoms with Gasteiger partial charge in [-0.1, -0.05) is 41.5 Å². The summed E-state index contributed by atoms with van der Waals surface area (Å²) in [6.45, 7) is 12.4. The number of phenols is 1. The number of hydrogen-bond donors (Lipinski definition) is 3. The first kappa shape index (κ1) is 23.0. The number of phenolic OH excluding ortho intramolecular Hbond substituents is 1. The minimum atomic E-state index is -1.00. The van der Waals surface area contributed by atoms with Gasteiger partial charge in [-0.05, 0) is 29.0 Å². The molecule has 0 atom stereocenters. The highest BCUT2D eigenvalue weighted by molar-refractivity contribution is 7.13. The Kier molecular flexibility index (Phi) is 7.08. The molecule has 1 aromatic heterocycles.